The number of carbonyl (C=O) groups is 1. The molecule has 4 heteroatoms. The lowest BCUT2D eigenvalue weighted by Crippen LogP contribution is -2.49. The van der Waals surface area contributed by atoms with E-state index in [0.717, 1.165) is 18.5 Å². The van der Waals surface area contributed by atoms with Crippen LogP contribution in [0.15, 0.2) is 24.3 Å². The van der Waals surface area contributed by atoms with Crippen LogP contribution in [-0.2, 0) is 16.0 Å². The number of benzene rings is 1. The Morgan fingerprint density at radius 1 is 1.38 bits per heavy atom. The molecule has 1 aromatic rings. The van der Waals surface area contributed by atoms with Crippen molar-refractivity contribution in [2.75, 3.05) is 18.5 Å². The first-order chi connectivity index (χ1) is 10.1. The highest BCUT2D eigenvalue weighted by Crippen LogP contribution is 2.22. The summed E-state index contributed by atoms with van der Waals surface area (Å²) < 4.78 is 5.53. The molecular weight excluding hydrogens is 264 g/mol. The first kappa shape index (κ1) is 16.0. The Hall–Kier alpha value is -1.39. The van der Waals surface area contributed by atoms with Crippen LogP contribution < -0.4 is 10.6 Å². The van der Waals surface area contributed by atoms with Gasteiger partial charge in [0, 0.05) is 18.3 Å². The highest BCUT2D eigenvalue weighted by molar-refractivity contribution is 5.96. The van der Waals surface area contributed by atoms with Crippen molar-refractivity contribution in [3.8, 4) is 0 Å². The van der Waals surface area contributed by atoms with E-state index in [1.807, 2.05) is 25.1 Å². The predicted molar refractivity (Wildman–Crippen MR) is 85.4 cm³/mol. The lowest BCUT2D eigenvalue weighted by atomic mass is 10.0. The highest BCUT2D eigenvalue weighted by Gasteiger charge is 2.26. The molecule has 1 aliphatic heterocycles. The number of amides is 1. The zero-order valence-electron chi connectivity index (χ0n) is 13.2. The zero-order valence-corrected chi connectivity index (χ0v) is 13.2. The molecule has 21 heavy (non-hydrogen) atoms. The number of rotatable bonds is 6. The second-order valence-electron chi connectivity index (χ2n) is 5.91. The lowest BCUT2D eigenvalue weighted by molar-refractivity contribution is -0.118. The summed E-state index contributed by atoms with van der Waals surface area (Å²) in [6, 6.07) is 8.06. The quantitative estimate of drug-likeness (QED) is 0.846. The fourth-order valence-corrected chi connectivity index (χ4v) is 2.61. The van der Waals surface area contributed by atoms with Crippen molar-refractivity contribution >= 4 is 11.6 Å². The van der Waals surface area contributed by atoms with E-state index in [9.17, 15) is 4.79 Å². The molecule has 0 bridgehead atoms. The van der Waals surface area contributed by atoms with Crippen LogP contribution in [-0.4, -0.2) is 31.2 Å². The minimum atomic E-state index is -0.162. The molecule has 1 heterocycles. The number of nitrogens with one attached hydrogen (secondary N) is 2. The third-order valence-electron chi connectivity index (χ3n) is 4.02. The summed E-state index contributed by atoms with van der Waals surface area (Å²) in [7, 11) is 0. The molecule has 2 rings (SSSR count). The summed E-state index contributed by atoms with van der Waals surface area (Å²) in [6.07, 6.45) is 1.73. The van der Waals surface area contributed by atoms with Crippen molar-refractivity contribution in [2.24, 2.45) is 5.92 Å². The summed E-state index contributed by atoms with van der Waals surface area (Å²) in [5.74, 6) is 0.483. The van der Waals surface area contributed by atoms with E-state index in [1.54, 1.807) is 0 Å². The first-order valence-electron chi connectivity index (χ1n) is 7.84. The maximum absolute atomic E-state index is 12.4. The minimum Gasteiger partial charge on any atom is -0.380 e. The molecule has 2 N–H and O–H groups in total. The van der Waals surface area contributed by atoms with E-state index in [1.165, 1.54) is 5.56 Å². The third kappa shape index (κ3) is 4.29. The number of fused-ring (bicyclic) bond motifs is 1. The molecule has 0 saturated carbocycles. The topological polar surface area (TPSA) is 50.4 Å². The SMILES string of the molecule is CCOCC(NC1CCc2ccccc2NC1=O)C(C)C. The molecule has 1 aliphatic rings. The van der Waals surface area contributed by atoms with Crippen LogP contribution in [0.4, 0.5) is 5.69 Å². The fourth-order valence-electron chi connectivity index (χ4n) is 2.61. The number of ether oxygens (including phenoxy) is 1. The van der Waals surface area contributed by atoms with Crippen molar-refractivity contribution in [3.05, 3.63) is 29.8 Å². The Morgan fingerprint density at radius 3 is 2.86 bits per heavy atom. The van der Waals surface area contributed by atoms with Crippen molar-refractivity contribution < 1.29 is 9.53 Å². The van der Waals surface area contributed by atoms with Crippen molar-refractivity contribution in [1.82, 2.24) is 5.32 Å². The number of carbonyl (C=O) groups excluding carboxylic acids is 1. The van der Waals surface area contributed by atoms with Gasteiger partial charge >= 0.3 is 0 Å². The van der Waals surface area contributed by atoms with Crippen LogP contribution in [0, 0.1) is 5.92 Å². The first-order valence-corrected chi connectivity index (χ1v) is 7.84. The molecule has 0 aliphatic carbocycles. The van der Waals surface area contributed by atoms with Gasteiger partial charge in [0.05, 0.1) is 12.6 Å². The molecule has 0 aromatic heterocycles. The second-order valence-corrected chi connectivity index (χ2v) is 5.91. The number of anilines is 1. The van der Waals surface area contributed by atoms with E-state index < -0.39 is 0 Å². The summed E-state index contributed by atoms with van der Waals surface area (Å²) in [5, 5.41) is 6.51. The van der Waals surface area contributed by atoms with Crippen LogP contribution in [0.5, 0.6) is 0 Å². The van der Waals surface area contributed by atoms with Gasteiger partial charge in [-0.1, -0.05) is 32.0 Å². The number of aryl methyl sites for hydroxylation is 1. The maximum atomic E-state index is 12.4. The van der Waals surface area contributed by atoms with Gasteiger partial charge in [0.15, 0.2) is 0 Å². The highest BCUT2D eigenvalue weighted by atomic mass is 16.5. The monoisotopic (exact) mass is 290 g/mol. The van der Waals surface area contributed by atoms with Gasteiger partial charge in [-0.3, -0.25) is 4.79 Å². The van der Waals surface area contributed by atoms with Gasteiger partial charge in [0.2, 0.25) is 5.91 Å². The molecule has 0 fully saturated rings. The van der Waals surface area contributed by atoms with Gasteiger partial charge in [0.25, 0.3) is 0 Å². The van der Waals surface area contributed by atoms with E-state index in [2.05, 4.69) is 30.5 Å². The number of hydrogen-bond donors (Lipinski definition) is 2. The molecule has 4 nitrogen and oxygen atoms in total. The Balaban J connectivity index is 2.02. The number of hydrogen-bond acceptors (Lipinski definition) is 3. The van der Waals surface area contributed by atoms with Gasteiger partial charge in [0.1, 0.15) is 0 Å². The molecule has 2 atom stereocenters. The molecule has 116 valence electrons. The van der Waals surface area contributed by atoms with Crippen LogP contribution in [0.3, 0.4) is 0 Å². The molecule has 1 amide bonds. The third-order valence-corrected chi connectivity index (χ3v) is 4.02. The molecule has 2 unspecified atom stereocenters. The predicted octanol–water partition coefficient (Wildman–Crippen LogP) is 2.59. The van der Waals surface area contributed by atoms with E-state index in [4.69, 9.17) is 4.74 Å². The van der Waals surface area contributed by atoms with Crippen LogP contribution in [0.2, 0.25) is 0 Å². The largest absolute Gasteiger partial charge is 0.380 e. The Bertz CT molecular complexity index is 474. The van der Waals surface area contributed by atoms with E-state index >= 15 is 0 Å². The van der Waals surface area contributed by atoms with Gasteiger partial charge in [-0.25, -0.2) is 0 Å². The van der Waals surface area contributed by atoms with Crippen LogP contribution >= 0.6 is 0 Å². The minimum absolute atomic E-state index is 0.0575. The van der Waals surface area contributed by atoms with Gasteiger partial charge in [-0.15, -0.1) is 0 Å². The van der Waals surface area contributed by atoms with Gasteiger partial charge in [-0.2, -0.15) is 0 Å². The maximum Gasteiger partial charge on any atom is 0.241 e. The Kier molecular flexibility index (Phi) is 5.76. The standard InChI is InChI=1S/C17H26N2O2/c1-4-21-11-16(12(2)3)18-15-10-9-13-7-5-6-8-14(13)19-17(15)20/h5-8,12,15-16,18H,4,9-11H2,1-3H3,(H,19,20). The Labute approximate surface area is 127 Å². The summed E-state index contributed by atoms with van der Waals surface area (Å²) in [4.78, 5) is 12.4. The summed E-state index contributed by atoms with van der Waals surface area (Å²) in [6.45, 7) is 7.64. The van der Waals surface area contributed by atoms with Crippen molar-refractivity contribution in [3.63, 3.8) is 0 Å². The molecule has 0 saturated heterocycles. The summed E-state index contributed by atoms with van der Waals surface area (Å²) in [5.41, 5.74) is 2.15. The molecule has 0 radical (unpaired) electrons. The molecule has 0 spiro atoms. The second kappa shape index (κ2) is 7.57. The average molecular weight is 290 g/mol. The Morgan fingerprint density at radius 2 is 2.14 bits per heavy atom. The molecule has 1 aromatic carbocycles. The summed E-state index contributed by atoms with van der Waals surface area (Å²) >= 11 is 0. The van der Waals surface area contributed by atoms with Crippen molar-refractivity contribution in [2.45, 2.75) is 45.7 Å². The molecular formula is C17H26N2O2. The van der Waals surface area contributed by atoms with E-state index in [-0.39, 0.29) is 18.0 Å². The zero-order chi connectivity index (χ0) is 15.2. The van der Waals surface area contributed by atoms with Crippen LogP contribution in [0.1, 0.15) is 32.8 Å². The average Bonchev–Trinajstić information content (AvgIpc) is 2.62. The smallest absolute Gasteiger partial charge is 0.241 e. The number of para-hydroxylation sites is 1. The fraction of sp³-hybridized carbons (Fsp3) is 0.588. The van der Waals surface area contributed by atoms with Crippen molar-refractivity contribution in [1.29, 1.82) is 0 Å². The van der Waals surface area contributed by atoms with E-state index in [0.29, 0.717) is 19.1 Å². The van der Waals surface area contributed by atoms with Gasteiger partial charge in [-0.05, 0) is 37.3 Å². The van der Waals surface area contributed by atoms with Gasteiger partial charge < -0.3 is 15.4 Å². The van der Waals surface area contributed by atoms with Crippen LogP contribution in [0.25, 0.3) is 0 Å². The lowest BCUT2D eigenvalue weighted by Gasteiger charge is -2.26. The normalized spacial score (nSPS) is 19.8.